The van der Waals surface area contributed by atoms with Crippen LogP contribution in [0.3, 0.4) is 0 Å². The number of benzene rings is 1. The monoisotopic (exact) mass is 280 g/mol. The smallest absolute Gasteiger partial charge is 0.149 e. The molecule has 2 rings (SSSR count). The minimum absolute atomic E-state index is 0.0328. The summed E-state index contributed by atoms with van der Waals surface area (Å²) in [6, 6.07) is 2.68. The number of anilines is 1. The zero-order chi connectivity index (χ0) is 14.7. The zero-order valence-corrected chi connectivity index (χ0v) is 11.6. The van der Waals surface area contributed by atoms with Crippen LogP contribution in [0.1, 0.15) is 11.1 Å². The van der Waals surface area contributed by atoms with E-state index in [1.165, 1.54) is 17.0 Å². The number of aryl methyl sites for hydroxylation is 1. The molecule has 0 radical (unpaired) electrons. The van der Waals surface area contributed by atoms with Crippen molar-refractivity contribution in [3.05, 3.63) is 47.3 Å². The molecule has 0 aliphatic carbocycles. The fourth-order valence-electron chi connectivity index (χ4n) is 2.20. The second-order valence-corrected chi connectivity index (χ2v) is 4.83. The molecule has 1 aromatic carbocycles. The fourth-order valence-corrected chi connectivity index (χ4v) is 2.20. The molecule has 6 heteroatoms. The number of nitrogens with two attached hydrogens (primary N) is 1. The van der Waals surface area contributed by atoms with Gasteiger partial charge < -0.3 is 10.6 Å². The number of halogens is 2. The van der Waals surface area contributed by atoms with Crippen LogP contribution < -0.4 is 10.6 Å². The largest absolute Gasteiger partial charge is 0.365 e. The van der Waals surface area contributed by atoms with Crippen LogP contribution in [-0.4, -0.2) is 23.4 Å². The SMILES string of the molecule is CN(Cc1cnn(C)c1)c1c(F)cc(CCN)cc1F. The van der Waals surface area contributed by atoms with Crippen LogP contribution in [0.2, 0.25) is 0 Å². The van der Waals surface area contributed by atoms with Gasteiger partial charge in [0.15, 0.2) is 0 Å². The molecule has 4 nitrogen and oxygen atoms in total. The van der Waals surface area contributed by atoms with Crippen LogP contribution in [0.15, 0.2) is 24.5 Å². The summed E-state index contributed by atoms with van der Waals surface area (Å²) in [6.07, 6.45) is 3.95. The zero-order valence-electron chi connectivity index (χ0n) is 11.6. The summed E-state index contributed by atoms with van der Waals surface area (Å²) in [5.41, 5.74) is 6.82. The lowest BCUT2D eigenvalue weighted by atomic mass is 10.1. The first-order valence-corrected chi connectivity index (χ1v) is 6.38. The predicted octanol–water partition coefficient (Wildman–Crippen LogP) is 1.84. The molecule has 108 valence electrons. The van der Waals surface area contributed by atoms with Gasteiger partial charge in [0.25, 0.3) is 0 Å². The highest BCUT2D eigenvalue weighted by Gasteiger charge is 2.16. The van der Waals surface area contributed by atoms with Crippen LogP contribution in [0.25, 0.3) is 0 Å². The van der Waals surface area contributed by atoms with Gasteiger partial charge in [0.1, 0.15) is 17.3 Å². The topological polar surface area (TPSA) is 47.1 Å². The van der Waals surface area contributed by atoms with E-state index in [1.807, 2.05) is 6.20 Å². The molecule has 2 aromatic rings. The lowest BCUT2D eigenvalue weighted by Crippen LogP contribution is -2.19. The molecule has 0 saturated carbocycles. The van der Waals surface area contributed by atoms with Gasteiger partial charge in [0.2, 0.25) is 0 Å². The van der Waals surface area contributed by atoms with Crippen LogP contribution in [-0.2, 0) is 20.0 Å². The quantitative estimate of drug-likeness (QED) is 0.909. The molecule has 1 heterocycles. The van der Waals surface area contributed by atoms with E-state index in [4.69, 9.17) is 5.73 Å². The van der Waals surface area contributed by atoms with Crippen molar-refractivity contribution in [3.63, 3.8) is 0 Å². The van der Waals surface area contributed by atoms with Crippen LogP contribution in [0.4, 0.5) is 14.5 Å². The highest BCUT2D eigenvalue weighted by Crippen LogP contribution is 2.25. The van der Waals surface area contributed by atoms with E-state index < -0.39 is 11.6 Å². The Morgan fingerprint density at radius 3 is 2.40 bits per heavy atom. The maximum absolute atomic E-state index is 14.0. The Kier molecular flexibility index (Phi) is 4.34. The molecule has 0 saturated heterocycles. The number of hydrogen-bond donors (Lipinski definition) is 1. The molecule has 0 aliphatic rings. The first kappa shape index (κ1) is 14.5. The van der Waals surface area contributed by atoms with Crippen molar-refractivity contribution >= 4 is 5.69 Å². The molecule has 0 fully saturated rings. The van der Waals surface area contributed by atoms with Crippen LogP contribution in [0, 0.1) is 11.6 Å². The Hall–Kier alpha value is -1.95. The first-order valence-electron chi connectivity index (χ1n) is 6.38. The first-order chi connectivity index (χ1) is 9.51. The van der Waals surface area contributed by atoms with Crippen molar-refractivity contribution < 1.29 is 8.78 Å². The normalized spacial score (nSPS) is 10.8. The third kappa shape index (κ3) is 3.14. The lowest BCUT2D eigenvalue weighted by Gasteiger charge is -2.20. The van der Waals surface area contributed by atoms with Crippen molar-refractivity contribution in [1.29, 1.82) is 0 Å². The third-order valence-corrected chi connectivity index (χ3v) is 3.07. The summed E-state index contributed by atoms with van der Waals surface area (Å²) >= 11 is 0. The van der Waals surface area contributed by atoms with E-state index in [1.54, 1.807) is 25.0 Å². The number of hydrogen-bond acceptors (Lipinski definition) is 3. The molecule has 0 amide bonds. The molecule has 0 bridgehead atoms. The summed E-state index contributed by atoms with van der Waals surface area (Å²) in [7, 11) is 3.45. The molecule has 1 aromatic heterocycles. The summed E-state index contributed by atoms with van der Waals surface area (Å²) < 4.78 is 29.8. The van der Waals surface area contributed by atoms with Crippen molar-refractivity contribution in [2.75, 3.05) is 18.5 Å². The van der Waals surface area contributed by atoms with E-state index in [9.17, 15) is 8.78 Å². The van der Waals surface area contributed by atoms with Crippen LogP contribution in [0.5, 0.6) is 0 Å². The maximum Gasteiger partial charge on any atom is 0.149 e. The van der Waals surface area contributed by atoms with Gasteiger partial charge in [0.05, 0.1) is 6.20 Å². The molecule has 0 spiro atoms. The standard InChI is InChI=1S/C14H18F2N4/c1-19(8-11-7-18-20(2)9-11)14-12(15)5-10(3-4-17)6-13(14)16/h5-7,9H,3-4,8,17H2,1-2H3. The van der Waals surface area contributed by atoms with Gasteiger partial charge in [-0.1, -0.05) is 0 Å². The average Bonchev–Trinajstić information content (AvgIpc) is 2.74. The Labute approximate surface area is 116 Å². The summed E-state index contributed by atoms with van der Waals surface area (Å²) in [5.74, 6) is -1.14. The Morgan fingerprint density at radius 2 is 1.90 bits per heavy atom. The number of aromatic nitrogens is 2. The van der Waals surface area contributed by atoms with Gasteiger partial charge in [-0.05, 0) is 30.7 Å². The highest BCUT2D eigenvalue weighted by atomic mass is 19.1. The number of rotatable bonds is 5. The summed E-state index contributed by atoms with van der Waals surface area (Å²) in [6.45, 7) is 0.752. The Balaban J connectivity index is 2.23. The van der Waals surface area contributed by atoms with Gasteiger partial charge in [-0.2, -0.15) is 5.10 Å². The molecular weight excluding hydrogens is 262 g/mol. The molecule has 2 N–H and O–H groups in total. The van der Waals surface area contributed by atoms with Crippen molar-refractivity contribution in [1.82, 2.24) is 9.78 Å². The molecular formula is C14H18F2N4. The third-order valence-electron chi connectivity index (χ3n) is 3.07. The van der Waals surface area contributed by atoms with Gasteiger partial charge in [-0.15, -0.1) is 0 Å². The highest BCUT2D eigenvalue weighted by molar-refractivity contribution is 5.50. The molecule has 0 atom stereocenters. The molecule has 20 heavy (non-hydrogen) atoms. The second-order valence-electron chi connectivity index (χ2n) is 4.83. The summed E-state index contributed by atoms with van der Waals surface area (Å²) in [5, 5.41) is 4.04. The van der Waals surface area contributed by atoms with Crippen LogP contribution >= 0.6 is 0 Å². The van der Waals surface area contributed by atoms with Crippen molar-refractivity contribution in [2.45, 2.75) is 13.0 Å². The lowest BCUT2D eigenvalue weighted by molar-refractivity contribution is 0.573. The van der Waals surface area contributed by atoms with Gasteiger partial charge >= 0.3 is 0 Å². The Morgan fingerprint density at radius 1 is 1.25 bits per heavy atom. The summed E-state index contributed by atoms with van der Waals surface area (Å²) in [4.78, 5) is 1.54. The maximum atomic E-state index is 14.0. The molecule has 0 aliphatic heterocycles. The van der Waals surface area contributed by atoms with Gasteiger partial charge in [-0.25, -0.2) is 8.78 Å². The van der Waals surface area contributed by atoms with E-state index in [-0.39, 0.29) is 5.69 Å². The number of nitrogens with zero attached hydrogens (tertiary/aromatic N) is 3. The Bertz CT molecular complexity index is 572. The van der Waals surface area contributed by atoms with Crippen molar-refractivity contribution in [3.8, 4) is 0 Å². The van der Waals surface area contributed by atoms with Crippen molar-refractivity contribution in [2.24, 2.45) is 12.8 Å². The van der Waals surface area contributed by atoms with E-state index in [0.29, 0.717) is 25.1 Å². The predicted molar refractivity (Wildman–Crippen MR) is 74.4 cm³/mol. The van der Waals surface area contributed by atoms with E-state index in [2.05, 4.69) is 5.10 Å². The van der Waals surface area contributed by atoms with Gasteiger partial charge in [0, 0.05) is 32.4 Å². The van der Waals surface area contributed by atoms with E-state index >= 15 is 0 Å². The molecule has 0 unspecified atom stereocenters. The van der Waals surface area contributed by atoms with Gasteiger partial charge in [-0.3, -0.25) is 4.68 Å². The minimum Gasteiger partial charge on any atom is -0.365 e. The second kappa shape index (κ2) is 6.00. The minimum atomic E-state index is -0.570. The average molecular weight is 280 g/mol. The fraction of sp³-hybridized carbons (Fsp3) is 0.357. The van der Waals surface area contributed by atoms with E-state index in [0.717, 1.165) is 5.56 Å².